The molecule has 2 fully saturated rings. The van der Waals surface area contributed by atoms with Gasteiger partial charge in [0.15, 0.2) is 0 Å². The number of aromatic nitrogens is 1. The van der Waals surface area contributed by atoms with E-state index in [1.165, 1.54) is 19.3 Å². The molecule has 0 spiro atoms. The maximum absolute atomic E-state index is 13.5. The molecule has 0 bridgehead atoms. The van der Waals surface area contributed by atoms with E-state index in [2.05, 4.69) is 10.6 Å². The molecule has 2 heterocycles. The Labute approximate surface area is 234 Å². The first kappa shape index (κ1) is 27.4. The lowest BCUT2D eigenvalue weighted by Crippen LogP contribution is -2.44. The van der Waals surface area contributed by atoms with Crippen molar-refractivity contribution in [3.8, 4) is 0 Å². The molecule has 0 aliphatic heterocycles. The van der Waals surface area contributed by atoms with Crippen molar-refractivity contribution in [2.24, 2.45) is 5.92 Å². The minimum absolute atomic E-state index is 0.0350. The number of rotatable bonds is 8. The van der Waals surface area contributed by atoms with Gasteiger partial charge in [-0.15, -0.1) is 11.3 Å². The molecule has 2 saturated carbocycles. The van der Waals surface area contributed by atoms with Gasteiger partial charge in [-0.1, -0.05) is 31.4 Å². The predicted octanol–water partition coefficient (Wildman–Crippen LogP) is 5.80. The van der Waals surface area contributed by atoms with Crippen LogP contribution in [-0.2, 0) is 16.1 Å². The van der Waals surface area contributed by atoms with Crippen LogP contribution >= 0.6 is 11.3 Å². The zero-order valence-corrected chi connectivity index (χ0v) is 23.9. The molecular weight excluding hydrogens is 508 g/mol. The third-order valence-electron chi connectivity index (χ3n) is 8.36. The highest BCUT2D eigenvalue weighted by molar-refractivity contribution is 7.17. The molecule has 0 unspecified atom stereocenters. The fourth-order valence-corrected chi connectivity index (χ4v) is 7.00. The molecule has 5 rings (SSSR count). The number of thiophene rings is 1. The number of aryl methyl sites for hydroxylation is 1. The molecule has 0 atom stereocenters. The van der Waals surface area contributed by atoms with Crippen LogP contribution in [0.1, 0.15) is 80.8 Å². The topological polar surface area (TPSA) is 83.4 Å². The second kappa shape index (κ2) is 12.4. The average Bonchev–Trinajstić information content (AvgIpc) is 3.53. The summed E-state index contributed by atoms with van der Waals surface area (Å²) in [7, 11) is 0. The first-order valence-electron chi connectivity index (χ1n) is 14.5. The van der Waals surface area contributed by atoms with Crippen LogP contribution in [0.3, 0.4) is 0 Å². The van der Waals surface area contributed by atoms with Crippen LogP contribution < -0.4 is 15.5 Å². The van der Waals surface area contributed by atoms with Gasteiger partial charge in [-0.05, 0) is 87.6 Å². The van der Waals surface area contributed by atoms with Gasteiger partial charge in [0.2, 0.25) is 11.8 Å². The summed E-state index contributed by atoms with van der Waals surface area (Å²) in [5.41, 5.74) is 3.39. The van der Waals surface area contributed by atoms with E-state index in [1.54, 1.807) is 16.2 Å². The number of carbonyl (C=O) groups is 3. The standard InChI is InChI=1S/C31H40N4O3S/c1-3-34(25-11-7-8-21(2)18-25)29(36)20-35-26-16-17-39-28(26)19-27(35)31(38)33-24-14-12-22(13-15-24)30(37)32-23-9-5-4-6-10-23/h7-8,11,16-19,22-24H,3-6,9-10,12-15,20H2,1-2H3,(H,32,37)(H,33,38)/t22-,24-. The lowest BCUT2D eigenvalue weighted by atomic mass is 9.84. The Bertz CT molecular complexity index is 1310. The Morgan fingerprint density at radius 1 is 0.949 bits per heavy atom. The minimum Gasteiger partial charge on any atom is -0.353 e. The number of benzene rings is 1. The molecule has 2 aromatic heterocycles. The van der Waals surface area contributed by atoms with Crippen molar-refractivity contribution in [1.29, 1.82) is 0 Å². The van der Waals surface area contributed by atoms with E-state index < -0.39 is 0 Å². The number of likely N-dealkylation sites (N-methyl/N-ethyl adjacent to an activating group) is 1. The Morgan fingerprint density at radius 2 is 1.69 bits per heavy atom. The maximum Gasteiger partial charge on any atom is 0.268 e. The van der Waals surface area contributed by atoms with E-state index in [4.69, 9.17) is 0 Å². The van der Waals surface area contributed by atoms with Crippen molar-refractivity contribution in [3.63, 3.8) is 0 Å². The number of amides is 3. The zero-order valence-electron chi connectivity index (χ0n) is 23.1. The van der Waals surface area contributed by atoms with Crippen molar-refractivity contribution in [3.05, 3.63) is 53.0 Å². The summed E-state index contributed by atoms with van der Waals surface area (Å²) in [4.78, 5) is 41.5. The average molecular weight is 549 g/mol. The SMILES string of the molecule is CCN(C(=O)Cn1c(C(=O)N[C@H]2CC[C@H](C(=O)NC3CCCCC3)CC2)cc2sccc21)c1cccc(C)c1. The minimum atomic E-state index is -0.153. The Morgan fingerprint density at radius 3 is 2.41 bits per heavy atom. The van der Waals surface area contributed by atoms with Crippen LogP contribution in [0.5, 0.6) is 0 Å². The zero-order chi connectivity index (χ0) is 27.4. The summed E-state index contributed by atoms with van der Waals surface area (Å²) in [6.45, 7) is 4.63. The molecule has 3 amide bonds. The van der Waals surface area contributed by atoms with Gasteiger partial charge in [-0.25, -0.2) is 0 Å². The largest absolute Gasteiger partial charge is 0.353 e. The predicted molar refractivity (Wildman–Crippen MR) is 157 cm³/mol. The highest BCUT2D eigenvalue weighted by atomic mass is 32.1. The summed E-state index contributed by atoms with van der Waals surface area (Å²) >= 11 is 1.57. The van der Waals surface area contributed by atoms with E-state index in [0.717, 1.165) is 60.0 Å². The molecule has 2 aliphatic carbocycles. The molecule has 2 N–H and O–H groups in total. The number of nitrogens with zero attached hydrogens (tertiary/aromatic N) is 2. The van der Waals surface area contributed by atoms with Gasteiger partial charge in [0, 0.05) is 30.2 Å². The molecule has 8 heteroatoms. The monoisotopic (exact) mass is 548 g/mol. The Hall–Kier alpha value is -3.13. The Kier molecular flexibility index (Phi) is 8.70. The van der Waals surface area contributed by atoms with Crippen LogP contribution in [0.2, 0.25) is 0 Å². The first-order chi connectivity index (χ1) is 18.9. The van der Waals surface area contributed by atoms with Crippen LogP contribution in [0, 0.1) is 12.8 Å². The normalized spacial score (nSPS) is 20.1. The van der Waals surface area contributed by atoms with Crippen molar-refractivity contribution >= 4 is 45.0 Å². The highest BCUT2D eigenvalue weighted by Gasteiger charge is 2.30. The number of nitrogens with one attached hydrogen (secondary N) is 2. The van der Waals surface area contributed by atoms with Crippen LogP contribution in [-0.4, -0.2) is 40.9 Å². The number of hydrogen-bond acceptors (Lipinski definition) is 4. The van der Waals surface area contributed by atoms with Crippen LogP contribution in [0.25, 0.3) is 10.2 Å². The molecule has 1 aromatic carbocycles. The summed E-state index contributed by atoms with van der Waals surface area (Å²) in [6, 6.07) is 12.2. The number of carbonyl (C=O) groups excluding carboxylic acids is 3. The molecule has 39 heavy (non-hydrogen) atoms. The molecule has 0 saturated heterocycles. The summed E-state index contributed by atoms with van der Waals surface area (Å²) in [5, 5.41) is 8.47. The van der Waals surface area contributed by atoms with Gasteiger partial charge >= 0.3 is 0 Å². The second-order valence-electron chi connectivity index (χ2n) is 11.1. The lowest BCUT2D eigenvalue weighted by molar-refractivity contribution is -0.127. The molecule has 0 radical (unpaired) electrons. The van der Waals surface area contributed by atoms with Crippen LogP contribution in [0.15, 0.2) is 41.8 Å². The van der Waals surface area contributed by atoms with E-state index in [-0.39, 0.29) is 36.2 Å². The summed E-state index contributed by atoms with van der Waals surface area (Å²) in [6.07, 6.45) is 9.04. The third-order valence-corrected chi connectivity index (χ3v) is 9.22. The molecule has 2 aliphatic rings. The fourth-order valence-electron chi connectivity index (χ4n) is 6.18. The number of fused-ring (bicyclic) bond motifs is 1. The molecule has 7 nitrogen and oxygen atoms in total. The molecule has 208 valence electrons. The van der Waals surface area contributed by atoms with Crippen LogP contribution in [0.4, 0.5) is 5.69 Å². The third kappa shape index (κ3) is 6.38. The van der Waals surface area contributed by atoms with Crippen molar-refractivity contribution in [2.45, 2.75) is 90.3 Å². The molecular formula is C31H40N4O3S. The summed E-state index contributed by atoms with van der Waals surface area (Å²) in [5.74, 6) is 0.0205. The van der Waals surface area contributed by atoms with E-state index in [0.29, 0.717) is 18.3 Å². The van der Waals surface area contributed by atoms with Gasteiger partial charge in [0.1, 0.15) is 12.2 Å². The smallest absolute Gasteiger partial charge is 0.268 e. The van der Waals surface area contributed by atoms with E-state index in [1.807, 2.05) is 60.2 Å². The van der Waals surface area contributed by atoms with Gasteiger partial charge in [-0.2, -0.15) is 0 Å². The fraction of sp³-hybridized carbons (Fsp3) is 0.516. The Balaban J connectivity index is 1.22. The number of anilines is 1. The van der Waals surface area contributed by atoms with Crippen molar-refractivity contribution in [2.75, 3.05) is 11.4 Å². The van der Waals surface area contributed by atoms with Gasteiger partial charge in [-0.3, -0.25) is 14.4 Å². The van der Waals surface area contributed by atoms with Gasteiger partial charge in [0.05, 0.1) is 10.2 Å². The second-order valence-corrected chi connectivity index (χ2v) is 12.1. The van der Waals surface area contributed by atoms with Crippen molar-refractivity contribution in [1.82, 2.24) is 15.2 Å². The first-order valence-corrected chi connectivity index (χ1v) is 15.4. The quantitative estimate of drug-likeness (QED) is 0.373. The highest BCUT2D eigenvalue weighted by Crippen LogP contribution is 2.29. The van der Waals surface area contributed by atoms with Crippen molar-refractivity contribution < 1.29 is 14.4 Å². The molecule has 3 aromatic rings. The maximum atomic E-state index is 13.5. The van der Waals surface area contributed by atoms with E-state index in [9.17, 15) is 14.4 Å². The lowest BCUT2D eigenvalue weighted by Gasteiger charge is -2.30. The van der Waals surface area contributed by atoms with E-state index >= 15 is 0 Å². The number of hydrogen-bond donors (Lipinski definition) is 2. The van der Waals surface area contributed by atoms with Gasteiger partial charge < -0.3 is 20.1 Å². The van der Waals surface area contributed by atoms with Gasteiger partial charge in [0.25, 0.3) is 5.91 Å². The summed E-state index contributed by atoms with van der Waals surface area (Å²) < 4.78 is 2.85.